The van der Waals surface area contributed by atoms with Crippen molar-refractivity contribution >= 4 is 46.0 Å². The first-order chi connectivity index (χ1) is 11.6. The quantitative estimate of drug-likeness (QED) is 0.589. The molecule has 0 spiro atoms. The monoisotopic (exact) mass is 355 g/mol. The molecule has 1 aliphatic heterocycles. The van der Waals surface area contributed by atoms with Gasteiger partial charge in [0.05, 0.1) is 17.7 Å². The lowest BCUT2D eigenvalue weighted by Crippen LogP contribution is -2.28. The molecule has 0 atom stereocenters. The minimum atomic E-state index is -0.0753. The first-order valence-electron chi connectivity index (χ1n) is 7.64. The zero-order valence-electron chi connectivity index (χ0n) is 13.5. The van der Waals surface area contributed by atoms with E-state index < -0.39 is 0 Å². The number of ether oxygens (including phenoxy) is 1. The Kier molecular flexibility index (Phi) is 5.02. The fourth-order valence-electron chi connectivity index (χ4n) is 2.59. The molecule has 3 rings (SSSR count). The minimum Gasteiger partial charge on any atom is -0.497 e. The summed E-state index contributed by atoms with van der Waals surface area (Å²) in [6, 6.07) is 15.5. The number of hydrogen-bond donors (Lipinski definition) is 0. The minimum absolute atomic E-state index is 0.0753. The number of thioether (sulfide) groups is 1. The molecule has 0 radical (unpaired) electrons. The molecule has 1 heterocycles. The van der Waals surface area contributed by atoms with Crippen LogP contribution in [0.2, 0.25) is 0 Å². The Labute approximate surface area is 151 Å². The Bertz CT molecular complexity index is 830. The van der Waals surface area contributed by atoms with Crippen molar-refractivity contribution in [3.63, 3.8) is 0 Å². The Morgan fingerprint density at radius 2 is 2.00 bits per heavy atom. The summed E-state index contributed by atoms with van der Waals surface area (Å²) in [6.07, 6.45) is 2.71. The second-order valence-electron chi connectivity index (χ2n) is 5.28. The Morgan fingerprint density at radius 1 is 1.21 bits per heavy atom. The van der Waals surface area contributed by atoms with Crippen molar-refractivity contribution in [1.82, 2.24) is 0 Å². The highest BCUT2D eigenvalue weighted by Gasteiger charge is 2.34. The topological polar surface area (TPSA) is 29.5 Å². The van der Waals surface area contributed by atoms with E-state index in [1.165, 1.54) is 11.8 Å². The molecule has 0 N–H and O–H groups in total. The molecule has 3 nitrogen and oxygen atoms in total. The fraction of sp³-hybridized carbons (Fsp3) is 0.158. The van der Waals surface area contributed by atoms with Gasteiger partial charge in [-0.05, 0) is 41.8 Å². The van der Waals surface area contributed by atoms with Crippen molar-refractivity contribution in [2.24, 2.45) is 0 Å². The summed E-state index contributed by atoms with van der Waals surface area (Å²) in [4.78, 5) is 15.1. The molecule has 1 amide bonds. The number of carbonyl (C=O) groups excluding carboxylic acids is 1. The van der Waals surface area contributed by atoms with Crippen molar-refractivity contribution in [3.05, 3.63) is 64.6 Å². The molecule has 2 aromatic rings. The number of benzene rings is 2. The van der Waals surface area contributed by atoms with Crippen LogP contribution in [0.25, 0.3) is 6.08 Å². The van der Waals surface area contributed by atoms with Crippen LogP contribution in [0.5, 0.6) is 5.75 Å². The zero-order chi connectivity index (χ0) is 17.1. The maximum atomic E-state index is 12.9. The number of anilines is 1. The van der Waals surface area contributed by atoms with Crippen LogP contribution in [-0.4, -0.2) is 17.3 Å². The first kappa shape index (κ1) is 16.7. The number of rotatable bonds is 4. The number of methoxy groups -OCH3 is 1. The SMILES string of the molecule is CCc1ccccc1N1C(=O)/C(=C/c2cccc(OC)c2)SC1=S. The molecule has 0 saturated carbocycles. The number of nitrogens with zero attached hydrogens (tertiary/aromatic N) is 1. The van der Waals surface area contributed by atoms with Gasteiger partial charge in [-0.15, -0.1) is 0 Å². The summed E-state index contributed by atoms with van der Waals surface area (Å²) in [5.41, 5.74) is 2.89. The average molecular weight is 355 g/mol. The third-order valence-electron chi connectivity index (χ3n) is 3.80. The van der Waals surface area contributed by atoms with E-state index in [2.05, 4.69) is 6.92 Å². The van der Waals surface area contributed by atoms with E-state index in [0.717, 1.165) is 29.0 Å². The molecular weight excluding hydrogens is 338 g/mol. The fourth-order valence-corrected chi connectivity index (χ4v) is 3.87. The second-order valence-corrected chi connectivity index (χ2v) is 6.95. The highest BCUT2D eigenvalue weighted by atomic mass is 32.2. The molecule has 1 fully saturated rings. The van der Waals surface area contributed by atoms with Gasteiger partial charge in [-0.1, -0.05) is 61.2 Å². The molecule has 24 heavy (non-hydrogen) atoms. The van der Waals surface area contributed by atoms with Crippen molar-refractivity contribution < 1.29 is 9.53 Å². The third-order valence-corrected chi connectivity index (χ3v) is 5.10. The average Bonchev–Trinajstić information content (AvgIpc) is 2.88. The highest BCUT2D eigenvalue weighted by molar-refractivity contribution is 8.27. The van der Waals surface area contributed by atoms with Gasteiger partial charge >= 0.3 is 0 Å². The van der Waals surface area contributed by atoms with E-state index >= 15 is 0 Å². The van der Waals surface area contributed by atoms with Gasteiger partial charge in [0.2, 0.25) is 0 Å². The van der Waals surface area contributed by atoms with E-state index in [9.17, 15) is 4.79 Å². The predicted octanol–water partition coefficient (Wildman–Crippen LogP) is 4.66. The lowest BCUT2D eigenvalue weighted by Gasteiger charge is -2.18. The molecule has 0 unspecified atom stereocenters. The molecule has 0 aliphatic carbocycles. The molecule has 122 valence electrons. The number of para-hydroxylation sites is 1. The van der Waals surface area contributed by atoms with Crippen LogP contribution in [0.4, 0.5) is 5.69 Å². The summed E-state index contributed by atoms with van der Waals surface area (Å²) >= 11 is 6.78. The largest absolute Gasteiger partial charge is 0.497 e. The lowest BCUT2D eigenvalue weighted by atomic mass is 10.1. The van der Waals surface area contributed by atoms with E-state index in [4.69, 9.17) is 17.0 Å². The molecule has 0 bridgehead atoms. The van der Waals surface area contributed by atoms with Gasteiger partial charge in [0, 0.05) is 0 Å². The van der Waals surface area contributed by atoms with Crippen LogP contribution < -0.4 is 9.64 Å². The van der Waals surface area contributed by atoms with Crippen molar-refractivity contribution in [3.8, 4) is 5.75 Å². The predicted molar refractivity (Wildman–Crippen MR) is 104 cm³/mol. The van der Waals surface area contributed by atoms with Crippen LogP contribution in [-0.2, 0) is 11.2 Å². The number of thiocarbonyl (C=S) groups is 1. The molecule has 2 aromatic carbocycles. The smallest absolute Gasteiger partial charge is 0.270 e. The zero-order valence-corrected chi connectivity index (χ0v) is 15.1. The van der Waals surface area contributed by atoms with Crippen LogP contribution in [0.1, 0.15) is 18.1 Å². The van der Waals surface area contributed by atoms with Crippen LogP contribution in [0, 0.1) is 0 Å². The molecule has 5 heteroatoms. The van der Waals surface area contributed by atoms with Gasteiger partial charge in [0.15, 0.2) is 4.32 Å². The third kappa shape index (κ3) is 3.23. The van der Waals surface area contributed by atoms with Crippen LogP contribution in [0.3, 0.4) is 0 Å². The molecule has 1 saturated heterocycles. The molecule has 0 aromatic heterocycles. The summed E-state index contributed by atoms with van der Waals surface area (Å²) in [5.74, 6) is 0.685. The standard InChI is InChI=1S/C19H17NO2S2/c1-3-14-8-4-5-10-16(14)20-18(21)17(24-19(20)23)12-13-7-6-9-15(11-13)22-2/h4-12H,3H2,1-2H3/b17-12-. The molecular formula is C19H17NO2S2. The number of carbonyl (C=O) groups is 1. The molecule has 1 aliphatic rings. The van der Waals surface area contributed by atoms with Gasteiger partial charge in [-0.3, -0.25) is 9.69 Å². The van der Waals surface area contributed by atoms with Crippen LogP contribution >= 0.6 is 24.0 Å². The van der Waals surface area contributed by atoms with Gasteiger partial charge in [0.25, 0.3) is 5.91 Å². The maximum absolute atomic E-state index is 12.9. The summed E-state index contributed by atoms with van der Waals surface area (Å²) in [7, 11) is 1.63. The van der Waals surface area contributed by atoms with Crippen LogP contribution in [0.15, 0.2) is 53.4 Å². The summed E-state index contributed by atoms with van der Waals surface area (Å²) < 4.78 is 5.80. The number of amides is 1. The number of aryl methyl sites for hydroxylation is 1. The van der Waals surface area contributed by atoms with Gasteiger partial charge in [0.1, 0.15) is 5.75 Å². The van der Waals surface area contributed by atoms with E-state index in [-0.39, 0.29) is 5.91 Å². The summed E-state index contributed by atoms with van der Waals surface area (Å²) in [5, 5.41) is 0. The maximum Gasteiger partial charge on any atom is 0.270 e. The Hall–Kier alpha value is -2.11. The van der Waals surface area contributed by atoms with E-state index in [1.54, 1.807) is 12.0 Å². The Balaban J connectivity index is 1.95. The lowest BCUT2D eigenvalue weighted by molar-refractivity contribution is -0.113. The van der Waals surface area contributed by atoms with Gasteiger partial charge < -0.3 is 4.74 Å². The second kappa shape index (κ2) is 7.20. The first-order valence-corrected chi connectivity index (χ1v) is 8.86. The Morgan fingerprint density at radius 3 is 2.75 bits per heavy atom. The van der Waals surface area contributed by atoms with Gasteiger partial charge in [-0.2, -0.15) is 0 Å². The van der Waals surface area contributed by atoms with E-state index in [0.29, 0.717) is 9.23 Å². The van der Waals surface area contributed by atoms with Crippen molar-refractivity contribution in [1.29, 1.82) is 0 Å². The summed E-state index contributed by atoms with van der Waals surface area (Å²) in [6.45, 7) is 2.07. The normalized spacial score (nSPS) is 16.1. The van der Waals surface area contributed by atoms with E-state index in [1.807, 2.05) is 54.6 Å². The van der Waals surface area contributed by atoms with Crippen molar-refractivity contribution in [2.45, 2.75) is 13.3 Å². The number of hydrogen-bond acceptors (Lipinski definition) is 4. The van der Waals surface area contributed by atoms with Gasteiger partial charge in [-0.25, -0.2) is 0 Å². The van der Waals surface area contributed by atoms with Crippen molar-refractivity contribution in [2.75, 3.05) is 12.0 Å². The highest BCUT2D eigenvalue weighted by Crippen LogP contribution is 2.37.